The molecule has 0 radical (unpaired) electrons. The molecule has 0 saturated carbocycles. The quantitative estimate of drug-likeness (QED) is 0.826. The third kappa shape index (κ3) is 4.80. The molecule has 1 aromatic rings. The van der Waals surface area contributed by atoms with Crippen molar-refractivity contribution in [1.82, 2.24) is 4.72 Å². The normalized spacial score (nSPS) is 20.9. The Morgan fingerprint density at radius 1 is 1.33 bits per heavy atom. The van der Waals surface area contributed by atoms with Crippen molar-refractivity contribution in [3.05, 3.63) is 35.9 Å². The van der Waals surface area contributed by atoms with Crippen molar-refractivity contribution in [1.29, 1.82) is 0 Å². The van der Waals surface area contributed by atoms with Crippen LogP contribution in [0, 0.1) is 0 Å². The lowest BCUT2D eigenvalue weighted by atomic mass is 10.1. The smallest absolute Gasteiger partial charge is 0.326 e. The average molecular weight is 313 g/mol. The van der Waals surface area contributed by atoms with Crippen molar-refractivity contribution in [3.63, 3.8) is 0 Å². The van der Waals surface area contributed by atoms with Crippen molar-refractivity contribution in [2.24, 2.45) is 0 Å². The molecular weight excluding hydrogens is 294 g/mol. The van der Waals surface area contributed by atoms with E-state index in [0.717, 1.165) is 12.8 Å². The molecule has 0 aliphatic carbocycles. The van der Waals surface area contributed by atoms with E-state index in [9.17, 15) is 18.3 Å². The summed E-state index contributed by atoms with van der Waals surface area (Å²) in [4.78, 5) is 11.3. The molecule has 1 aliphatic heterocycles. The van der Waals surface area contributed by atoms with Crippen LogP contribution in [0.25, 0.3) is 0 Å². The molecule has 0 aromatic heterocycles. The summed E-state index contributed by atoms with van der Waals surface area (Å²) in [6.45, 7) is 0.557. The van der Waals surface area contributed by atoms with Crippen LogP contribution >= 0.6 is 0 Å². The van der Waals surface area contributed by atoms with E-state index in [2.05, 4.69) is 4.72 Å². The van der Waals surface area contributed by atoms with E-state index in [0.29, 0.717) is 18.6 Å². The topological polar surface area (TPSA) is 92.7 Å². The van der Waals surface area contributed by atoms with Gasteiger partial charge in [-0.1, -0.05) is 30.3 Å². The first-order chi connectivity index (χ1) is 9.98. The summed E-state index contributed by atoms with van der Waals surface area (Å²) in [7, 11) is -3.73. The zero-order chi connectivity index (χ0) is 15.3. The van der Waals surface area contributed by atoms with Gasteiger partial charge >= 0.3 is 5.97 Å². The van der Waals surface area contributed by atoms with Crippen LogP contribution in [0.4, 0.5) is 0 Å². The van der Waals surface area contributed by atoms with Gasteiger partial charge in [-0.3, -0.25) is 4.79 Å². The van der Waals surface area contributed by atoms with Crippen LogP contribution in [0.1, 0.15) is 30.9 Å². The van der Waals surface area contributed by atoms with E-state index in [-0.39, 0.29) is 11.9 Å². The van der Waals surface area contributed by atoms with Gasteiger partial charge in [-0.2, -0.15) is 4.72 Å². The molecule has 7 heteroatoms. The molecule has 6 nitrogen and oxygen atoms in total. The summed E-state index contributed by atoms with van der Waals surface area (Å²) in [6, 6.07) is 6.97. The Kier molecular flexibility index (Phi) is 5.33. The Morgan fingerprint density at radius 2 is 2.05 bits per heavy atom. The molecule has 2 atom stereocenters. The maximum Gasteiger partial charge on any atom is 0.326 e. The summed E-state index contributed by atoms with van der Waals surface area (Å²) in [5, 5.41) is 9.24. The molecule has 1 aliphatic rings. The zero-order valence-corrected chi connectivity index (χ0v) is 12.4. The lowest BCUT2D eigenvalue weighted by molar-refractivity contribution is -0.139. The van der Waals surface area contributed by atoms with Crippen LogP contribution in [0.15, 0.2) is 30.3 Å². The van der Waals surface area contributed by atoms with E-state index in [1.165, 1.54) is 0 Å². The van der Waals surface area contributed by atoms with Gasteiger partial charge in [0.1, 0.15) is 6.04 Å². The highest BCUT2D eigenvalue weighted by atomic mass is 32.2. The van der Waals surface area contributed by atoms with Gasteiger partial charge in [0.15, 0.2) is 0 Å². The number of carbonyl (C=O) groups is 1. The SMILES string of the molecule is O=C(O)[C@H](NS(=O)(=O)CC1CCCCO1)c1ccccc1. The number of hydrogen-bond donors (Lipinski definition) is 2. The van der Waals surface area contributed by atoms with E-state index in [4.69, 9.17) is 4.74 Å². The van der Waals surface area contributed by atoms with Crippen molar-refractivity contribution in [3.8, 4) is 0 Å². The Bertz CT molecular complexity index is 566. The third-order valence-corrected chi connectivity index (χ3v) is 4.76. The van der Waals surface area contributed by atoms with Crippen molar-refractivity contribution in [2.45, 2.75) is 31.4 Å². The second kappa shape index (κ2) is 7.02. The van der Waals surface area contributed by atoms with Crippen molar-refractivity contribution < 1.29 is 23.1 Å². The van der Waals surface area contributed by atoms with Gasteiger partial charge in [0.25, 0.3) is 0 Å². The van der Waals surface area contributed by atoms with Crippen LogP contribution in [0.5, 0.6) is 0 Å². The fourth-order valence-electron chi connectivity index (χ4n) is 2.32. The monoisotopic (exact) mass is 313 g/mol. The van der Waals surface area contributed by atoms with Crippen LogP contribution in [0.3, 0.4) is 0 Å². The molecule has 1 fully saturated rings. The molecule has 116 valence electrons. The summed E-state index contributed by atoms with van der Waals surface area (Å²) >= 11 is 0. The second-order valence-electron chi connectivity index (χ2n) is 5.07. The number of nitrogens with one attached hydrogen (secondary N) is 1. The molecule has 2 N–H and O–H groups in total. The van der Waals surface area contributed by atoms with Gasteiger partial charge < -0.3 is 9.84 Å². The zero-order valence-electron chi connectivity index (χ0n) is 11.6. The fraction of sp³-hybridized carbons (Fsp3) is 0.500. The molecule has 0 amide bonds. The number of hydrogen-bond acceptors (Lipinski definition) is 4. The largest absolute Gasteiger partial charge is 0.480 e. The second-order valence-corrected chi connectivity index (χ2v) is 6.87. The van der Waals surface area contributed by atoms with Crippen LogP contribution in [-0.4, -0.2) is 38.0 Å². The molecular formula is C14H19NO5S. The number of ether oxygens (including phenoxy) is 1. The van der Waals surface area contributed by atoms with Crippen LogP contribution in [-0.2, 0) is 19.6 Å². The Hall–Kier alpha value is -1.44. The lowest BCUT2D eigenvalue weighted by Gasteiger charge is -2.23. The van der Waals surface area contributed by atoms with Gasteiger partial charge in [0, 0.05) is 6.61 Å². The Balaban J connectivity index is 2.07. The first-order valence-corrected chi connectivity index (χ1v) is 8.52. The number of carboxylic acid groups (broad SMARTS) is 1. The predicted molar refractivity (Wildman–Crippen MR) is 77.3 cm³/mol. The van der Waals surface area contributed by atoms with Gasteiger partial charge in [-0.15, -0.1) is 0 Å². The van der Waals surface area contributed by atoms with Crippen molar-refractivity contribution >= 4 is 16.0 Å². The molecule has 21 heavy (non-hydrogen) atoms. The number of carboxylic acids is 1. The number of aliphatic carboxylic acids is 1. The van der Waals surface area contributed by atoms with Gasteiger partial charge in [-0.05, 0) is 24.8 Å². The lowest BCUT2D eigenvalue weighted by Crippen LogP contribution is -2.39. The highest BCUT2D eigenvalue weighted by Gasteiger charge is 2.28. The minimum absolute atomic E-state index is 0.205. The molecule has 0 bridgehead atoms. The molecule has 1 heterocycles. The third-order valence-electron chi connectivity index (χ3n) is 3.36. The van der Waals surface area contributed by atoms with Gasteiger partial charge in [0.2, 0.25) is 10.0 Å². The molecule has 2 rings (SSSR count). The standard InChI is InChI=1S/C14H19NO5S/c16-14(17)13(11-6-2-1-3-7-11)15-21(18,19)10-12-8-4-5-9-20-12/h1-3,6-7,12-13,15H,4-5,8-10H2,(H,16,17)/t12?,13-/m1/s1. The fourth-order valence-corrected chi connectivity index (χ4v) is 3.76. The first-order valence-electron chi connectivity index (χ1n) is 6.87. The van der Waals surface area contributed by atoms with Gasteiger partial charge in [-0.25, -0.2) is 8.42 Å². The highest BCUT2D eigenvalue weighted by Crippen LogP contribution is 2.17. The van der Waals surface area contributed by atoms with Crippen molar-refractivity contribution in [2.75, 3.05) is 12.4 Å². The summed E-state index contributed by atoms with van der Waals surface area (Å²) in [5.74, 6) is -1.43. The number of benzene rings is 1. The highest BCUT2D eigenvalue weighted by molar-refractivity contribution is 7.89. The molecule has 0 spiro atoms. The minimum Gasteiger partial charge on any atom is -0.480 e. The van der Waals surface area contributed by atoms with Crippen LogP contribution < -0.4 is 4.72 Å². The molecule has 1 unspecified atom stereocenters. The predicted octanol–water partition coefficient (Wildman–Crippen LogP) is 1.30. The van der Waals surface area contributed by atoms with Gasteiger partial charge in [0.05, 0.1) is 11.9 Å². The van der Waals surface area contributed by atoms with E-state index in [1.807, 2.05) is 0 Å². The van der Waals surface area contributed by atoms with E-state index >= 15 is 0 Å². The Labute approximate surface area is 124 Å². The maximum absolute atomic E-state index is 12.1. The average Bonchev–Trinajstić information content (AvgIpc) is 2.46. The number of rotatable bonds is 6. The van der Waals surface area contributed by atoms with E-state index < -0.39 is 22.0 Å². The first kappa shape index (κ1) is 15.9. The summed E-state index contributed by atoms with van der Waals surface area (Å²) in [5.41, 5.74) is 0.401. The minimum atomic E-state index is -3.73. The van der Waals surface area contributed by atoms with E-state index in [1.54, 1.807) is 30.3 Å². The summed E-state index contributed by atoms with van der Waals surface area (Å²) < 4.78 is 31.9. The molecule has 1 aromatic carbocycles. The number of sulfonamides is 1. The van der Waals surface area contributed by atoms with Crippen LogP contribution in [0.2, 0.25) is 0 Å². The summed E-state index contributed by atoms with van der Waals surface area (Å²) in [6.07, 6.45) is 2.19. The maximum atomic E-state index is 12.1. The molecule has 1 saturated heterocycles. The Morgan fingerprint density at radius 3 is 2.62 bits per heavy atom.